The van der Waals surface area contributed by atoms with Crippen LogP contribution in [0.1, 0.15) is 31.2 Å². The molecular weight excluding hydrogens is 310 g/mol. The highest BCUT2D eigenvalue weighted by molar-refractivity contribution is 9.09. The van der Waals surface area contributed by atoms with Crippen LogP contribution in [0.2, 0.25) is 0 Å². The van der Waals surface area contributed by atoms with Crippen LogP contribution < -0.4 is 0 Å². The van der Waals surface area contributed by atoms with Crippen LogP contribution in [0.3, 0.4) is 0 Å². The Morgan fingerprint density at radius 3 is 2.68 bits per heavy atom. The summed E-state index contributed by atoms with van der Waals surface area (Å²) in [6.45, 7) is 0. The average molecular weight is 328 g/mol. The maximum absolute atomic E-state index is 11.0. The van der Waals surface area contributed by atoms with Gasteiger partial charge >= 0.3 is 0 Å². The number of rotatable bonds is 6. The highest BCUT2D eigenvalue weighted by atomic mass is 79.9. The van der Waals surface area contributed by atoms with E-state index < -0.39 is 0 Å². The molecule has 0 saturated heterocycles. The Bertz CT molecular complexity index is 454. The fourth-order valence-corrected chi connectivity index (χ4v) is 3.58. The van der Waals surface area contributed by atoms with Crippen LogP contribution in [0, 0.1) is 10.1 Å². The van der Waals surface area contributed by atoms with Gasteiger partial charge in [0.1, 0.15) is 0 Å². The maximum Gasteiger partial charge on any atom is 0.272 e. The van der Waals surface area contributed by atoms with Crippen LogP contribution in [-0.4, -0.2) is 22.5 Å². The third kappa shape index (κ3) is 3.34. The standard InChI is InChI=1S/C14H18BrNO3/c1-19-14(7-4-8-14)10-12(15)9-11-5-2-3-6-13(11)16(17)18/h2-3,5-6,12H,4,7-10H2,1H3. The highest BCUT2D eigenvalue weighted by Crippen LogP contribution is 2.41. The summed E-state index contributed by atoms with van der Waals surface area (Å²) in [7, 11) is 1.75. The van der Waals surface area contributed by atoms with Crippen molar-refractivity contribution in [2.24, 2.45) is 0 Å². The van der Waals surface area contributed by atoms with Gasteiger partial charge in [0, 0.05) is 23.6 Å². The van der Waals surface area contributed by atoms with Crippen molar-refractivity contribution in [1.29, 1.82) is 0 Å². The van der Waals surface area contributed by atoms with Crippen molar-refractivity contribution in [2.45, 2.75) is 42.5 Å². The lowest BCUT2D eigenvalue weighted by molar-refractivity contribution is -0.385. The van der Waals surface area contributed by atoms with Crippen molar-refractivity contribution in [3.05, 3.63) is 39.9 Å². The second-order valence-electron chi connectivity index (χ2n) is 5.13. The van der Waals surface area contributed by atoms with Gasteiger partial charge in [0.15, 0.2) is 0 Å². The number of nitro groups is 1. The molecule has 1 saturated carbocycles. The quantitative estimate of drug-likeness (QED) is 0.453. The number of nitrogens with zero attached hydrogens (tertiary/aromatic N) is 1. The van der Waals surface area contributed by atoms with E-state index in [9.17, 15) is 10.1 Å². The van der Waals surface area contributed by atoms with Crippen molar-refractivity contribution in [1.82, 2.24) is 0 Å². The molecule has 104 valence electrons. The Hall–Kier alpha value is -0.940. The molecule has 0 N–H and O–H groups in total. The number of alkyl halides is 1. The smallest absolute Gasteiger partial charge is 0.272 e. The first-order valence-electron chi connectivity index (χ1n) is 6.48. The Morgan fingerprint density at radius 2 is 2.16 bits per heavy atom. The number of methoxy groups -OCH3 is 1. The lowest BCUT2D eigenvalue weighted by Gasteiger charge is -2.42. The van der Waals surface area contributed by atoms with Crippen LogP contribution in [0.5, 0.6) is 0 Å². The molecular formula is C14H18BrNO3. The maximum atomic E-state index is 11.0. The summed E-state index contributed by atoms with van der Waals surface area (Å²) in [5.74, 6) is 0. The van der Waals surface area contributed by atoms with E-state index in [1.165, 1.54) is 6.42 Å². The molecule has 0 radical (unpaired) electrons. The monoisotopic (exact) mass is 327 g/mol. The molecule has 1 fully saturated rings. The highest BCUT2D eigenvalue weighted by Gasteiger charge is 2.38. The summed E-state index contributed by atoms with van der Waals surface area (Å²) in [5.41, 5.74) is 0.963. The van der Waals surface area contributed by atoms with E-state index in [4.69, 9.17) is 4.74 Å². The molecule has 1 aliphatic carbocycles. The minimum Gasteiger partial charge on any atom is -0.378 e. The molecule has 1 atom stereocenters. The summed E-state index contributed by atoms with van der Waals surface area (Å²) >= 11 is 3.65. The summed E-state index contributed by atoms with van der Waals surface area (Å²) in [6.07, 6.45) is 4.93. The zero-order chi connectivity index (χ0) is 13.9. The van der Waals surface area contributed by atoms with Crippen LogP contribution in [-0.2, 0) is 11.2 Å². The summed E-state index contributed by atoms with van der Waals surface area (Å²) < 4.78 is 5.60. The first-order chi connectivity index (χ1) is 9.06. The Labute approximate surface area is 121 Å². The van der Waals surface area contributed by atoms with Gasteiger partial charge < -0.3 is 4.74 Å². The van der Waals surface area contributed by atoms with E-state index in [0.29, 0.717) is 6.42 Å². The van der Waals surface area contributed by atoms with Gasteiger partial charge in [0.25, 0.3) is 5.69 Å². The third-order valence-electron chi connectivity index (χ3n) is 3.92. The molecule has 1 aliphatic rings. The molecule has 0 heterocycles. The Morgan fingerprint density at radius 1 is 1.47 bits per heavy atom. The van der Waals surface area contributed by atoms with E-state index in [1.54, 1.807) is 19.2 Å². The Kier molecular flexibility index (Phi) is 4.58. The zero-order valence-electron chi connectivity index (χ0n) is 11.0. The normalized spacial score (nSPS) is 18.6. The van der Waals surface area contributed by atoms with Crippen molar-refractivity contribution < 1.29 is 9.66 Å². The van der Waals surface area contributed by atoms with Gasteiger partial charge in [-0.15, -0.1) is 0 Å². The van der Waals surface area contributed by atoms with Gasteiger partial charge in [-0.05, 0) is 32.1 Å². The van der Waals surface area contributed by atoms with Crippen molar-refractivity contribution in [3.8, 4) is 0 Å². The number of hydrogen-bond donors (Lipinski definition) is 0. The molecule has 0 aromatic heterocycles. The van der Waals surface area contributed by atoms with Gasteiger partial charge in [-0.25, -0.2) is 0 Å². The number of halogens is 1. The number of benzene rings is 1. The van der Waals surface area contributed by atoms with Crippen LogP contribution in [0.4, 0.5) is 5.69 Å². The van der Waals surface area contributed by atoms with Crippen molar-refractivity contribution >= 4 is 21.6 Å². The molecule has 5 heteroatoms. The molecule has 1 aromatic carbocycles. The number of para-hydroxylation sites is 1. The van der Waals surface area contributed by atoms with Gasteiger partial charge in [0.2, 0.25) is 0 Å². The minimum atomic E-state index is -0.315. The molecule has 19 heavy (non-hydrogen) atoms. The fraction of sp³-hybridized carbons (Fsp3) is 0.571. The third-order valence-corrected chi connectivity index (χ3v) is 4.57. The average Bonchev–Trinajstić information content (AvgIpc) is 2.34. The van der Waals surface area contributed by atoms with E-state index in [2.05, 4.69) is 15.9 Å². The van der Waals surface area contributed by atoms with E-state index in [-0.39, 0.29) is 21.0 Å². The minimum absolute atomic E-state index is 0.0161. The molecule has 4 nitrogen and oxygen atoms in total. The summed E-state index contributed by atoms with van der Waals surface area (Å²) in [5, 5.41) is 11.0. The first-order valence-corrected chi connectivity index (χ1v) is 7.39. The van der Waals surface area contributed by atoms with Crippen LogP contribution in [0.15, 0.2) is 24.3 Å². The summed E-state index contributed by atoms with van der Waals surface area (Å²) in [6, 6.07) is 6.93. The van der Waals surface area contributed by atoms with Crippen LogP contribution in [0.25, 0.3) is 0 Å². The predicted octanol–water partition coefficient (Wildman–Crippen LogP) is 3.86. The van der Waals surface area contributed by atoms with Crippen molar-refractivity contribution in [2.75, 3.05) is 7.11 Å². The van der Waals surface area contributed by atoms with Gasteiger partial charge in [-0.3, -0.25) is 10.1 Å². The predicted molar refractivity (Wildman–Crippen MR) is 77.7 cm³/mol. The molecule has 0 spiro atoms. The number of nitro benzene ring substituents is 1. The van der Waals surface area contributed by atoms with E-state index in [0.717, 1.165) is 24.8 Å². The number of ether oxygens (including phenoxy) is 1. The van der Waals surface area contributed by atoms with Crippen molar-refractivity contribution in [3.63, 3.8) is 0 Å². The molecule has 0 aliphatic heterocycles. The van der Waals surface area contributed by atoms with Gasteiger partial charge in [-0.1, -0.05) is 34.1 Å². The first kappa shape index (κ1) is 14.5. The molecule has 0 bridgehead atoms. The number of hydrogen-bond acceptors (Lipinski definition) is 3. The molecule has 0 amide bonds. The second kappa shape index (κ2) is 6.01. The van der Waals surface area contributed by atoms with Crippen LogP contribution >= 0.6 is 15.9 Å². The van der Waals surface area contributed by atoms with E-state index in [1.807, 2.05) is 12.1 Å². The molecule has 1 unspecified atom stereocenters. The second-order valence-corrected chi connectivity index (χ2v) is 6.43. The zero-order valence-corrected chi connectivity index (χ0v) is 12.6. The lowest BCUT2D eigenvalue weighted by atomic mass is 9.76. The lowest BCUT2D eigenvalue weighted by Crippen LogP contribution is -2.41. The molecule has 2 rings (SSSR count). The van der Waals surface area contributed by atoms with E-state index >= 15 is 0 Å². The fourth-order valence-electron chi connectivity index (χ4n) is 2.64. The van der Waals surface area contributed by atoms with Gasteiger partial charge in [-0.2, -0.15) is 0 Å². The molecule has 1 aromatic rings. The summed E-state index contributed by atoms with van der Waals surface area (Å²) in [4.78, 5) is 10.9. The largest absolute Gasteiger partial charge is 0.378 e. The van der Waals surface area contributed by atoms with Gasteiger partial charge in [0.05, 0.1) is 10.5 Å². The topological polar surface area (TPSA) is 52.4 Å². The Balaban J connectivity index is 2.02. The SMILES string of the molecule is COC1(CC(Br)Cc2ccccc2[N+](=O)[O-])CCC1.